The van der Waals surface area contributed by atoms with E-state index in [0.717, 1.165) is 59.2 Å². The highest BCUT2D eigenvalue weighted by molar-refractivity contribution is 7.90. The fraction of sp³-hybridized carbons (Fsp3) is 0.474. The molecular formula is C38H45N3O4S. The van der Waals surface area contributed by atoms with Gasteiger partial charge in [-0.15, -0.1) is 0 Å². The van der Waals surface area contributed by atoms with Gasteiger partial charge >= 0.3 is 6.09 Å². The van der Waals surface area contributed by atoms with Crippen LogP contribution in [0.15, 0.2) is 71.6 Å². The highest BCUT2D eigenvalue weighted by Crippen LogP contribution is 2.60. The molecule has 1 heterocycles. The molecule has 0 spiro atoms. The summed E-state index contributed by atoms with van der Waals surface area (Å²) < 4.78 is 36.5. The summed E-state index contributed by atoms with van der Waals surface area (Å²) in [6, 6.07) is 22.1. The number of rotatable bonds is 11. The first-order valence-electron chi connectivity index (χ1n) is 17.1. The Morgan fingerprint density at radius 2 is 1.59 bits per heavy atom. The van der Waals surface area contributed by atoms with Crippen LogP contribution in [0.2, 0.25) is 0 Å². The molecule has 4 bridgehead atoms. The summed E-state index contributed by atoms with van der Waals surface area (Å²) in [6.07, 6.45) is 10.3. The van der Waals surface area contributed by atoms with E-state index < -0.39 is 16.1 Å². The number of carbonyl (C=O) groups is 1. The topological polar surface area (TPSA) is 90.3 Å². The van der Waals surface area contributed by atoms with E-state index in [1.54, 1.807) is 6.07 Å². The molecule has 3 aromatic carbocycles. The fourth-order valence-electron chi connectivity index (χ4n) is 8.98. The van der Waals surface area contributed by atoms with Crippen molar-refractivity contribution in [3.8, 4) is 11.1 Å². The number of amides is 1. The highest BCUT2D eigenvalue weighted by Gasteiger charge is 2.53. The van der Waals surface area contributed by atoms with E-state index in [1.807, 2.05) is 31.2 Å². The first-order valence-corrected chi connectivity index (χ1v) is 18.6. The third-order valence-corrected chi connectivity index (χ3v) is 12.0. The zero-order chi connectivity index (χ0) is 31.9. The van der Waals surface area contributed by atoms with Crippen LogP contribution in [-0.4, -0.2) is 30.7 Å². The number of nitrogens with zero attached hydrogens (tertiary/aromatic N) is 2. The summed E-state index contributed by atoms with van der Waals surface area (Å²) in [5, 5.41) is 0. The van der Waals surface area contributed by atoms with Gasteiger partial charge in [0.25, 0.3) is 10.0 Å². The van der Waals surface area contributed by atoms with Crippen molar-refractivity contribution in [2.24, 2.45) is 17.8 Å². The van der Waals surface area contributed by atoms with Crippen molar-refractivity contribution in [1.82, 2.24) is 14.3 Å². The standard InChI is InChI=1S/C38H45N3O4S/c1-3-5-17-45-37(42)40-46(43,44)35-16-13-26(8-4-2)21-32(35)31-14-11-27(12-15-31)25-41-34-10-7-6-9-33(34)39-36(41)38-22-28-18-29(23-38)20-30(19-28)24-38/h6-7,9-16,21,28-30H,3-5,8,17-20,22-25H2,1-2H3,(H,40,42). The number of hydrogen-bond acceptors (Lipinski definition) is 5. The number of imidazole rings is 1. The van der Waals surface area contributed by atoms with E-state index >= 15 is 0 Å². The summed E-state index contributed by atoms with van der Waals surface area (Å²) in [5.74, 6) is 3.76. The summed E-state index contributed by atoms with van der Waals surface area (Å²) in [4.78, 5) is 17.7. The number of unbranched alkanes of at least 4 members (excludes halogenated alkanes) is 1. The monoisotopic (exact) mass is 639 g/mol. The lowest BCUT2D eigenvalue weighted by Gasteiger charge is -2.56. The van der Waals surface area contributed by atoms with Gasteiger partial charge in [0.05, 0.1) is 22.5 Å². The van der Waals surface area contributed by atoms with Crippen molar-refractivity contribution in [1.29, 1.82) is 0 Å². The Kier molecular flexibility index (Phi) is 8.43. The van der Waals surface area contributed by atoms with Gasteiger partial charge in [0.1, 0.15) is 5.82 Å². The molecule has 0 unspecified atom stereocenters. The Hall–Kier alpha value is -3.65. The molecule has 4 aliphatic rings. The molecule has 0 saturated heterocycles. The third kappa shape index (κ3) is 5.96. The van der Waals surface area contributed by atoms with E-state index in [4.69, 9.17) is 9.72 Å². The van der Waals surface area contributed by atoms with E-state index in [0.29, 0.717) is 18.5 Å². The molecule has 8 heteroatoms. The van der Waals surface area contributed by atoms with E-state index in [1.165, 1.54) is 49.9 Å². The van der Waals surface area contributed by atoms with Crippen LogP contribution in [0.1, 0.15) is 88.6 Å². The van der Waals surface area contributed by atoms with E-state index in [2.05, 4.69) is 52.6 Å². The molecule has 0 atom stereocenters. The average Bonchev–Trinajstić information content (AvgIpc) is 3.40. The molecule has 1 aromatic heterocycles. The van der Waals surface area contributed by atoms with Crippen LogP contribution in [0, 0.1) is 17.8 Å². The number of ether oxygens (including phenoxy) is 1. The Bertz CT molecular complexity index is 1810. The van der Waals surface area contributed by atoms with Crippen LogP contribution in [0.3, 0.4) is 0 Å². The molecule has 1 N–H and O–H groups in total. The average molecular weight is 640 g/mol. The number of para-hydroxylation sites is 2. The predicted molar refractivity (Wildman–Crippen MR) is 181 cm³/mol. The minimum Gasteiger partial charge on any atom is -0.449 e. The minimum absolute atomic E-state index is 0.0669. The minimum atomic E-state index is -4.15. The van der Waals surface area contributed by atoms with E-state index in [-0.39, 0.29) is 16.9 Å². The van der Waals surface area contributed by atoms with Gasteiger partial charge in [0.15, 0.2) is 0 Å². The Morgan fingerprint density at radius 3 is 2.26 bits per heavy atom. The molecule has 1 amide bonds. The second-order valence-electron chi connectivity index (χ2n) is 14.1. The van der Waals surface area contributed by atoms with Gasteiger partial charge in [-0.05, 0) is 110 Å². The third-order valence-electron chi connectivity index (χ3n) is 10.6. The van der Waals surface area contributed by atoms with Crippen LogP contribution in [-0.2, 0) is 33.1 Å². The maximum atomic E-state index is 13.4. The van der Waals surface area contributed by atoms with Gasteiger partial charge in [-0.1, -0.05) is 69.2 Å². The highest BCUT2D eigenvalue weighted by atomic mass is 32.2. The molecule has 4 saturated carbocycles. The van der Waals surface area contributed by atoms with Crippen molar-refractivity contribution in [2.75, 3.05) is 6.61 Å². The lowest BCUT2D eigenvalue weighted by atomic mass is 9.49. The van der Waals surface area contributed by atoms with Crippen LogP contribution >= 0.6 is 0 Å². The summed E-state index contributed by atoms with van der Waals surface area (Å²) in [6.45, 7) is 4.97. The molecule has 46 heavy (non-hydrogen) atoms. The number of aryl methyl sites for hydroxylation is 1. The summed E-state index contributed by atoms with van der Waals surface area (Å²) in [7, 11) is -4.15. The summed E-state index contributed by atoms with van der Waals surface area (Å²) in [5.41, 5.74) is 5.97. The number of benzene rings is 3. The molecule has 7 nitrogen and oxygen atoms in total. The second kappa shape index (κ2) is 12.5. The van der Waals surface area contributed by atoms with Crippen LogP contribution in [0.25, 0.3) is 22.2 Å². The zero-order valence-corrected chi connectivity index (χ0v) is 27.8. The lowest BCUT2D eigenvalue weighted by molar-refractivity contribution is -0.0106. The number of hydrogen-bond donors (Lipinski definition) is 1. The largest absolute Gasteiger partial charge is 0.449 e. The molecular weight excluding hydrogens is 595 g/mol. The smallest absolute Gasteiger partial charge is 0.421 e. The quantitative estimate of drug-likeness (QED) is 0.167. The van der Waals surface area contributed by atoms with Crippen molar-refractivity contribution in [3.05, 3.63) is 83.7 Å². The number of fused-ring (bicyclic) bond motifs is 1. The zero-order valence-electron chi connectivity index (χ0n) is 27.0. The predicted octanol–water partition coefficient (Wildman–Crippen LogP) is 8.39. The van der Waals surface area contributed by atoms with Gasteiger partial charge in [0.2, 0.25) is 0 Å². The maximum absolute atomic E-state index is 13.4. The maximum Gasteiger partial charge on any atom is 0.421 e. The van der Waals surface area contributed by atoms with Gasteiger partial charge in [-0.3, -0.25) is 0 Å². The normalized spacial score (nSPS) is 23.6. The first-order chi connectivity index (χ1) is 22.3. The summed E-state index contributed by atoms with van der Waals surface area (Å²) >= 11 is 0. The van der Waals surface area contributed by atoms with Gasteiger partial charge < -0.3 is 9.30 Å². The number of nitrogens with one attached hydrogen (secondary N) is 1. The Labute approximate surface area is 272 Å². The van der Waals surface area contributed by atoms with Crippen LogP contribution in [0.4, 0.5) is 4.79 Å². The van der Waals surface area contributed by atoms with Gasteiger partial charge in [-0.25, -0.2) is 22.9 Å². The first kappa shape index (κ1) is 31.0. The van der Waals surface area contributed by atoms with Crippen molar-refractivity contribution >= 4 is 27.1 Å². The lowest BCUT2D eigenvalue weighted by Crippen LogP contribution is -2.49. The van der Waals surface area contributed by atoms with Crippen molar-refractivity contribution in [3.63, 3.8) is 0 Å². The van der Waals surface area contributed by atoms with E-state index in [9.17, 15) is 13.2 Å². The van der Waals surface area contributed by atoms with Crippen molar-refractivity contribution < 1.29 is 17.9 Å². The van der Waals surface area contributed by atoms with Crippen molar-refractivity contribution in [2.45, 2.75) is 94.9 Å². The Balaban J connectivity index is 1.20. The Morgan fingerprint density at radius 1 is 0.913 bits per heavy atom. The molecule has 4 aliphatic carbocycles. The fourth-order valence-corrected chi connectivity index (χ4v) is 10.1. The molecule has 0 radical (unpaired) electrons. The molecule has 0 aliphatic heterocycles. The molecule has 4 aromatic rings. The number of carbonyl (C=O) groups excluding carboxylic acids is 1. The van der Waals surface area contributed by atoms with Crippen LogP contribution < -0.4 is 4.72 Å². The van der Waals surface area contributed by atoms with Gasteiger partial charge in [0, 0.05) is 17.5 Å². The molecule has 242 valence electrons. The second-order valence-corrected chi connectivity index (χ2v) is 15.7. The van der Waals surface area contributed by atoms with Crippen LogP contribution in [0.5, 0.6) is 0 Å². The number of aromatic nitrogens is 2. The molecule has 4 fully saturated rings. The SMILES string of the molecule is CCCCOC(=O)NS(=O)(=O)c1ccc(CCC)cc1-c1ccc(Cn2c(C34CC5CC(CC(C5)C3)C4)nc3ccccc32)cc1. The van der Waals surface area contributed by atoms with Gasteiger partial charge in [-0.2, -0.15) is 0 Å². The number of sulfonamides is 1. The molecule has 8 rings (SSSR count).